The molecule has 1 aliphatic rings. The summed E-state index contributed by atoms with van der Waals surface area (Å²) in [5.74, 6) is -0.153. The number of benzene rings is 2. The third-order valence-electron chi connectivity index (χ3n) is 6.14. The molecule has 0 spiro atoms. The molecule has 1 amide bonds. The average Bonchev–Trinajstić information content (AvgIpc) is 3.50. The van der Waals surface area contributed by atoms with Gasteiger partial charge in [0.2, 0.25) is 11.8 Å². The highest BCUT2D eigenvalue weighted by Gasteiger charge is 2.51. The lowest BCUT2D eigenvalue weighted by Gasteiger charge is -2.18. The van der Waals surface area contributed by atoms with Gasteiger partial charge in [0.15, 0.2) is 5.82 Å². The molecule has 5 rings (SSSR count). The second kappa shape index (κ2) is 9.47. The van der Waals surface area contributed by atoms with Gasteiger partial charge >= 0.3 is 6.18 Å². The summed E-state index contributed by atoms with van der Waals surface area (Å²) in [4.78, 5) is 16.9. The number of H-pyrrole nitrogens is 1. The van der Waals surface area contributed by atoms with Crippen molar-refractivity contribution in [1.82, 2.24) is 25.6 Å². The van der Waals surface area contributed by atoms with Crippen molar-refractivity contribution in [2.75, 3.05) is 11.9 Å². The number of carbonyl (C=O) groups is 1. The van der Waals surface area contributed by atoms with E-state index in [1.165, 1.54) is 6.07 Å². The summed E-state index contributed by atoms with van der Waals surface area (Å²) in [6.07, 6.45) is -3.33. The number of alkyl halides is 3. The van der Waals surface area contributed by atoms with E-state index in [4.69, 9.17) is 16.3 Å². The van der Waals surface area contributed by atoms with E-state index in [9.17, 15) is 18.0 Å². The van der Waals surface area contributed by atoms with Crippen LogP contribution in [0.25, 0.3) is 22.5 Å². The highest BCUT2D eigenvalue weighted by Crippen LogP contribution is 2.49. The molecular formula is C25H20ClF3N6O2. The molecule has 4 aromatic rings. The van der Waals surface area contributed by atoms with Gasteiger partial charge in [0, 0.05) is 22.3 Å². The van der Waals surface area contributed by atoms with Crippen LogP contribution in [0, 0.1) is 0 Å². The summed E-state index contributed by atoms with van der Waals surface area (Å²) in [7, 11) is 0. The largest absolute Gasteiger partial charge is 0.478 e. The van der Waals surface area contributed by atoms with Crippen molar-refractivity contribution in [3.05, 3.63) is 70.9 Å². The maximum absolute atomic E-state index is 13.6. The first-order valence-electron chi connectivity index (χ1n) is 11.4. The summed E-state index contributed by atoms with van der Waals surface area (Å²) >= 11 is 6.13. The molecule has 0 saturated heterocycles. The number of ether oxygens (including phenoxy) is 1. The number of rotatable bonds is 7. The van der Waals surface area contributed by atoms with E-state index in [0.717, 1.165) is 11.6 Å². The number of nitrogens with one attached hydrogen (secondary N) is 2. The van der Waals surface area contributed by atoms with E-state index < -0.39 is 17.3 Å². The van der Waals surface area contributed by atoms with Crippen LogP contribution in [0.2, 0.25) is 5.02 Å². The molecule has 2 N–H and O–H groups in total. The molecule has 2 aromatic carbocycles. The van der Waals surface area contributed by atoms with Crippen molar-refractivity contribution in [2.45, 2.75) is 31.4 Å². The number of hydrogen-bond acceptors (Lipinski definition) is 6. The van der Waals surface area contributed by atoms with Crippen LogP contribution in [0.5, 0.6) is 5.88 Å². The summed E-state index contributed by atoms with van der Waals surface area (Å²) < 4.78 is 45.9. The van der Waals surface area contributed by atoms with Crippen molar-refractivity contribution in [3.63, 3.8) is 0 Å². The fourth-order valence-electron chi connectivity index (χ4n) is 4.18. The van der Waals surface area contributed by atoms with Crippen molar-refractivity contribution < 1.29 is 22.7 Å². The Kier molecular flexibility index (Phi) is 6.32. The van der Waals surface area contributed by atoms with Gasteiger partial charge in [0.05, 0.1) is 12.0 Å². The zero-order chi connectivity index (χ0) is 26.2. The van der Waals surface area contributed by atoms with Gasteiger partial charge in [-0.05, 0) is 77.2 Å². The highest BCUT2D eigenvalue weighted by atomic mass is 35.5. The number of carbonyl (C=O) groups excluding carboxylic acids is 1. The Morgan fingerprint density at radius 2 is 1.95 bits per heavy atom. The summed E-state index contributed by atoms with van der Waals surface area (Å²) in [6, 6.07) is 14.4. The van der Waals surface area contributed by atoms with Crippen molar-refractivity contribution in [2.24, 2.45) is 0 Å². The first-order valence-corrected chi connectivity index (χ1v) is 11.8. The Hall–Kier alpha value is -3.99. The van der Waals surface area contributed by atoms with Gasteiger partial charge in [0.1, 0.15) is 5.69 Å². The van der Waals surface area contributed by atoms with Crippen LogP contribution in [0.1, 0.15) is 31.0 Å². The third-order valence-corrected chi connectivity index (χ3v) is 6.37. The van der Waals surface area contributed by atoms with Crippen LogP contribution < -0.4 is 10.1 Å². The van der Waals surface area contributed by atoms with Crippen LogP contribution in [-0.2, 0) is 16.4 Å². The molecule has 37 heavy (non-hydrogen) atoms. The molecule has 190 valence electrons. The number of amides is 1. The molecule has 1 saturated carbocycles. The lowest BCUT2D eigenvalue weighted by molar-refractivity contribution is -0.141. The Morgan fingerprint density at radius 1 is 1.14 bits per heavy atom. The summed E-state index contributed by atoms with van der Waals surface area (Å²) in [5, 5.41) is 17.2. The molecule has 1 fully saturated rings. The van der Waals surface area contributed by atoms with Crippen molar-refractivity contribution >= 4 is 23.2 Å². The van der Waals surface area contributed by atoms with Gasteiger partial charge in [-0.1, -0.05) is 29.8 Å². The van der Waals surface area contributed by atoms with Crippen molar-refractivity contribution in [3.8, 4) is 28.4 Å². The summed E-state index contributed by atoms with van der Waals surface area (Å²) in [5.41, 5.74) is 0.463. The van der Waals surface area contributed by atoms with E-state index in [2.05, 4.69) is 30.9 Å². The van der Waals surface area contributed by atoms with Crippen LogP contribution in [-0.4, -0.2) is 38.1 Å². The fourth-order valence-corrected chi connectivity index (χ4v) is 4.37. The normalized spacial score (nSPS) is 14.3. The molecular weight excluding hydrogens is 509 g/mol. The highest BCUT2D eigenvalue weighted by molar-refractivity contribution is 6.30. The number of aromatic amines is 1. The number of hydrogen-bond donors (Lipinski definition) is 2. The molecule has 0 radical (unpaired) electrons. The molecule has 12 heteroatoms. The van der Waals surface area contributed by atoms with Gasteiger partial charge in [0.25, 0.3) is 0 Å². The Morgan fingerprint density at radius 3 is 2.59 bits per heavy atom. The monoisotopic (exact) mass is 528 g/mol. The van der Waals surface area contributed by atoms with E-state index >= 15 is 0 Å². The Balaban J connectivity index is 1.54. The van der Waals surface area contributed by atoms with Crippen LogP contribution in [0.4, 0.5) is 18.9 Å². The smallest absolute Gasteiger partial charge is 0.433 e. The zero-order valence-electron chi connectivity index (χ0n) is 19.4. The van der Waals surface area contributed by atoms with Crippen LogP contribution >= 0.6 is 11.6 Å². The van der Waals surface area contributed by atoms with E-state index in [-0.39, 0.29) is 29.8 Å². The van der Waals surface area contributed by atoms with E-state index in [0.29, 0.717) is 34.7 Å². The molecule has 1 aliphatic carbocycles. The van der Waals surface area contributed by atoms with E-state index in [1.807, 2.05) is 6.07 Å². The third kappa shape index (κ3) is 4.99. The number of anilines is 1. The van der Waals surface area contributed by atoms with E-state index in [1.54, 1.807) is 43.3 Å². The quantitative estimate of drug-likeness (QED) is 0.320. The molecule has 0 unspecified atom stereocenters. The van der Waals surface area contributed by atoms with Gasteiger partial charge in [-0.3, -0.25) is 4.79 Å². The lowest BCUT2D eigenvalue weighted by Crippen LogP contribution is -2.27. The number of nitrogens with zero attached hydrogens (tertiary/aromatic N) is 4. The fraction of sp³-hybridized carbons (Fsp3) is 0.240. The Labute approximate surface area is 214 Å². The van der Waals surface area contributed by atoms with Gasteiger partial charge < -0.3 is 10.1 Å². The average molecular weight is 529 g/mol. The van der Waals surface area contributed by atoms with Crippen LogP contribution in [0.15, 0.2) is 54.6 Å². The van der Waals surface area contributed by atoms with Gasteiger partial charge in [-0.25, -0.2) is 10.1 Å². The standard InChI is InChI=1S/C25H20ClF3N6O2/c1-2-37-21-11-14(10-20(31-21)25(27,28)29)18-7-6-17(13-19(18)22-32-34-35-33-22)30-23(36)24(8-9-24)15-4-3-5-16(26)12-15/h3-7,10-13H,2,8-9H2,1H3,(H,30,36)(H,32,33,34,35). The Bertz CT molecular complexity index is 1460. The predicted octanol–water partition coefficient (Wildman–Crippen LogP) is 5.67. The topological polar surface area (TPSA) is 106 Å². The second-order valence-corrected chi connectivity index (χ2v) is 9.00. The zero-order valence-corrected chi connectivity index (χ0v) is 20.2. The minimum absolute atomic E-state index is 0.145. The second-order valence-electron chi connectivity index (χ2n) is 8.57. The van der Waals surface area contributed by atoms with Crippen molar-refractivity contribution in [1.29, 1.82) is 0 Å². The first kappa shape index (κ1) is 24.7. The molecule has 8 nitrogen and oxygen atoms in total. The van der Waals surface area contributed by atoms with Crippen LogP contribution in [0.3, 0.4) is 0 Å². The molecule has 0 atom stereocenters. The maximum atomic E-state index is 13.6. The molecule has 0 aliphatic heterocycles. The minimum Gasteiger partial charge on any atom is -0.478 e. The first-order chi connectivity index (χ1) is 17.7. The SMILES string of the molecule is CCOc1cc(-c2ccc(NC(=O)C3(c4cccc(Cl)c4)CC3)cc2-c2nnn[nH]2)cc(C(F)(F)F)n1. The number of pyridine rings is 1. The molecule has 2 aromatic heterocycles. The number of aromatic nitrogens is 5. The maximum Gasteiger partial charge on any atom is 0.433 e. The van der Waals surface area contributed by atoms with Gasteiger partial charge in [-0.15, -0.1) is 5.10 Å². The van der Waals surface area contributed by atoms with Gasteiger partial charge in [-0.2, -0.15) is 13.2 Å². The molecule has 0 bridgehead atoms. The predicted molar refractivity (Wildman–Crippen MR) is 130 cm³/mol. The number of tetrazole rings is 1. The molecule has 2 heterocycles. The number of halogens is 4. The lowest BCUT2D eigenvalue weighted by atomic mass is 9.94. The summed E-state index contributed by atoms with van der Waals surface area (Å²) in [6.45, 7) is 1.80. The minimum atomic E-state index is -4.68.